The molecule has 1 atom stereocenters. The molecule has 0 aliphatic heterocycles. The van der Waals surface area contributed by atoms with E-state index in [4.69, 9.17) is 0 Å². The molecule has 0 saturated carbocycles. The number of aliphatic hydroxyl groups is 1. The smallest absolute Gasteiger partial charge is 0.222 e. The number of aliphatic hydroxyl groups excluding tert-OH is 1. The molecule has 2 N–H and O–H groups in total. The third kappa shape index (κ3) is 6.46. The van der Waals surface area contributed by atoms with E-state index in [0.29, 0.717) is 0 Å². The van der Waals surface area contributed by atoms with Crippen LogP contribution in [-0.2, 0) is 14.6 Å². The Morgan fingerprint density at radius 1 is 1.40 bits per heavy atom. The van der Waals surface area contributed by atoms with Crippen molar-refractivity contribution in [2.24, 2.45) is 5.92 Å². The lowest BCUT2D eigenvalue weighted by atomic mass is 10.2. The van der Waals surface area contributed by atoms with Crippen LogP contribution in [0.2, 0.25) is 0 Å². The van der Waals surface area contributed by atoms with Crippen molar-refractivity contribution in [2.45, 2.75) is 26.9 Å². The summed E-state index contributed by atoms with van der Waals surface area (Å²) in [6.07, 6.45) is -1.03. The summed E-state index contributed by atoms with van der Waals surface area (Å²) < 4.78 is 22.2. The highest BCUT2D eigenvalue weighted by molar-refractivity contribution is 7.91. The summed E-state index contributed by atoms with van der Waals surface area (Å²) in [4.78, 5) is 11.1. The van der Waals surface area contributed by atoms with Crippen LogP contribution in [0.4, 0.5) is 0 Å². The maximum Gasteiger partial charge on any atom is 0.222 e. The van der Waals surface area contributed by atoms with Gasteiger partial charge in [0.15, 0.2) is 9.84 Å². The summed E-state index contributed by atoms with van der Waals surface area (Å²) in [5.74, 6) is -0.660. The lowest BCUT2D eigenvalue weighted by molar-refractivity contribution is -0.124. The predicted molar refractivity (Wildman–Crippen MR) is 58.2 cm³/mol. The van der Waals surface area contributed by atoms with Gasteiger partial charge in [-0.15, -0.1) is 0 Å². The van der Waals surface area contributed by atoms with Gasteiger partial charge in [0.2, 0.25) is 5.91 Å². The van der Waals surface area contributed by atoms with Gasteiger partial charge in [-0.3, -0.25) is 4.79 Å². The van der Waals surface area contributed by atoms with Crippen molar-refractivity contribution in [1.82, 2.24) is 5.32 Å². The number of amides is 1. The van der Waals surface area contributed by atoms with Crippen molar-refractivity contribution in [3.63, 3.8) is 0 Å². The fraction of sp³-hybridized carbons (Fsp3) is 0.889. The Balaban J connectivity index is 3.96. The maximum atomic E-state index is 11.1. The first-order valence-corrected chi connectivity index (χ1v) is 6.76. The monoisotopic (exact) mass is 237 g/mol. The molecule has 0 bridgehead atoms. The van der Waals surface area contributed by atoms with Crippen molar-refractivity contribution in [1.29, 1.82) is 0 Å². The van der Waals surface area contributed by atoms with Gasteiger partial charge >= 0.3 is 0 Å². The van der Waals surface area contributed by atoms with E-state index >= 15 is 0 Å². The highest BCUT2D eigenvalue weighted by Gasteiger charge is 2.16. The second kappa shape index (κ2) is 6.07. The zero-order chi connectivity index (χ0) is 12.1. The van der Waals surface area contributed by atoms with Crippen LogP contribution >= 0.6 is 0 Å². The summed E-state index contributed by atoms with van der Waals surface area (Å²) in [6, 6.07) is 0. The van der Waals surface area contributed by atoms with E-state index in [-0.39, 0.29) is 29.9 Å². The van der Waals surface area contributed by atoms with Gasteiger partial charge in [0.25, 0.3) is 0 Å². The fourth-order valence-corrected chi connectivity index (χ4v) is 1.83. The topological polar surface area (TPSA) is 83.5 Å². The quantitative estimate of drug-likeness (QED) is 0.655. The van der Waals surface area contributed by atoms with E-state index in [2.05, 4.69) is 5.32 Å². The van der Waals surface area contributed by atoms with Crippen molar-refractivity contribution in [3.8, 4) is 0 Å². The molecule has 0 heterocycles. The first-order chi connectivity index (χ1) is 6.78. The summed E-state index contributed by atoms with van der Waals surface area (Å²) in [5, 5.41) is 11.8. The van der Waals surface area contributed by atoms with Crippen LogP contribution in [0.1, 0.15) is 20.8 Å². The van der Waals surface area contributed by atoms with E-state index in [1.165, 1.54) is 6.92 Å². The number of hydrogen-bond donors (Lipinski definition) is 2. The molecule has 0 rings (SSSR count). The standard InChI is InChI=1S/C9H19NO4S/c1-4-15(13,14)6-8(11)5-10-9(12)7(2)3/h7-8,11H,4-6H2,1-3H3,(H,10,12). The first-order valence-electron chi connectivity index (χ1n) is 4.94. The minimum absolute atomic E-state index is 0.00217. The average Bonchev–Trinajstić information content (AvgIpc) is 2.13. The predicted octanol–water partition coefficient (Wildman–Crippen LogP) is -0.446. The zero-order valence-corrected chi connectivity index (χ0v) is 10.2. The van der Waals surface area contributed by atoms with Crippen LogP contribution < -0.4 is 5.32 Å². The van der Waals surface area contributed by atoms with E-state index in [9.17, 15) is 18.3 Å². The minimum Gasteiger partial charge on any atom is -0.390 e. The molecule has 0 aromatic heterocycles. The number of sulfone groups is 1. The van der Waals surface area contributed by atoms with Crippen molar-refractivity contribution < 1.29 is 18.3 Å². The second-order valence-electron chi connectivity index (χ2n) is 3.75. The van der Waals surface area contributed by atoms with Crippen LogP contribution in [0.3, 0.4) is 0 Å². The molecule has 0 saturated heterocycles. The minimum atomic E-state index is -3.19. The van der Waals surface area contributed by atoms with Gasteiger partial charge in [-0.05, 0) is 0 Å². The molecular formula is C9H19NO4S. The first kappa shape index (κ1) is 14.4. The van der Waals surface area contributed by atoms with Crippen LogP contribution in [0.5, 0.6) is 0 Å². The van der Waals surface area contributed by atoms with E-state index < -0.39 is 15.9 Å². The Hall–Kier alpha value is -0.620. The van der Waals surface area contributed by atoms with Gasteiger partial charge in [-0.1, -0.05) is 20.8 Å². The molecule has 15 heavy (non-hydrogen) atoms. The fourth-order valence-electron chi connectivity index (χ4n) is 0.892. The van der Waals surface area contributed by atoms with Crippen molar-refractivity contribution in [3.05, 3.63) is 0 Å². The molecule has 5 nitrogen and oxygen atoms in total. The van der Waals surface area contributed by atoms with E-state index in [0.717, 1.165) is 0 Å². The lowest BCUT2D eigenvalue weighted by Crippen LogP contribution is -2.38. The maximum absolute atomic E-state index is 11.1. The van der Waals surface area contributed by atoms with Gasteiger partial charge in [-0.2, -0.15) is 0 Å². The number of rotatable bonds is 6. The van der Waals surface area contributed by atoms with Gasteiger partial charge in [-0.25, -0.2) is 8.42 Å². The van der Waals surface area contributed by atoms with Gasteiger partial charge in [0.05, 0.1) is 11.9 Å². The highest BCUT2D eigenvalue weighted by atomic mass is 32.2. The van der Waals surface area contributed by atoms with Gasteiger partial charge in [0, 0.05) is 18.2 Å². The van der Waals surface area contributed by atoms with Crippen molar-refractivity contribution in [2.75, 3.05) is 18.1 Å². The largest absolute Gasteiger partial charge is 0.390 e. The molecular weight excluding hydrogens is 218 g/mol. The average molecular weight is 237 g/mol. The van der Waals surface area contributed by atoms with Gasteiger partial charge in [0.1, 0.15) is 0 Å². The Morgan fingerprint density at radius 2 is 1.93 bits per heavy atom. The Bertz CT molecular complexity index is 297. The molecule has 1 unspecified atom stereocenters. The Morgan fingerprint density at radius 3 is 2.33 bits per heavy atom. The summed E-state index contributed by atoms with van der Waals surface area (Å²) >= 11 is 0. The van der Waals surface area contributed by atoms with E-state index in [1.54, 1.807) is 13.8 Å². The molecule has 0 aliphatic carbocycles. The van der Waals surface area contributed by atoms with Gasteiger partial charge < -0.3 is 10.4 Å². The molecule has 6 heteroatoms. The summed E-state index contributed by atoms with van der Waals surface area (Å²) in [5.41, 5.74) is 0. The van der Waals surface area contributed by atoms with Crippen molar-refractivity contribution >= 4 is 15.7 Å². The molecule has 0 spiro atoms. The third-order valence-electron chi connectivity index (χ3n) is 1.92. The summed E-state index contributed by atoms with van der Waals surface area (Å²) in [7, 11) is -3.19. The normalized spacial score (nSPS) is 13.9. The van der Waals surface area contributed by atoms with Crippen LogP contribution in [0.25, 0.3) is 0 Å². The summed E-state index contributed by atoms with van der Waals surface area (Å²) in [6.45, 7) is 4.96. The Kier molecular flexibility index (Phi) is 5.82. The number of hydrogen-bond acceptors (Lipinski definition) is 4. The third-order valence-corrected chi connectivity index (χ3v) is 3.69. The van der Waals surface area contributed by atoms with E-state index in [1.807, 2.05) is 0 Å². The number of carbonyl (C=O) groups is 1. The lowest BCUT2D eigenvalue weighted by Gasteiger charge is -2.12. The second-order valence-corrected chi connectivity index (χ2v) is 6.15. The molecule has 0 aromatic rings. The van der Waals surface area contributed by atoms with Crippen LogP contribution in [0, 0.1) is 5.92 Å². The molecule has 1 amide bonds. The zero-order valence-electron chi connectivity index (χ0n) is 9.36. The SMILES string of the molecule is CCS(=O)(=O)CC(O)CNC(=O)C(C)C. The number of carbonyl (C=O) groups excluding carboxylic acids is 1. The molecule has 90 valence electrons. The molecule has 0 aliphatic rings. The molecule has 0 fully saturated rings. The van der Waals surface area contributed by atoms with Crippen LogP contribution in [-0.4, -0.2) is 43.6 Å². The number of nitrogens with one attached hydrogen (secondary N) is 1. The molecule has 0 radical (unpaired) electrons. The van der Waals surface area contributed by atoms with Crippen LogP contribution in [0.15, 0.2) is 0 Å². The Labute approximate surface area is 90.8 Å². The highest BCUT2D eigenvalue weighted by Crippen LogP contribution is 1.95. The molecule has 0 aromatic carbocycles.